The van der Waals surface area contributed by atoms with Gasteiger partial charge in [-0.2, -0.15) is 0 Å². The molecule has 1 aromatic heterocycles. The zero-order chi connectivity index (χ0) is 11.7. The number of fused-ring (bicyclic) bond motifs is 1. The number of hydrogen-bond acceptors (Lipinski definition) is 3. The van der Waals surface area contributed by atoms with Gasteiger partial charge in [0.1, 0.15) is 0 Å². The SMILES string of the molecule is NC(c1cc2c(s1)CCCCC2)C1CCOC1. The van der Waals surface area contributed by atoms with Crippen LogP contribution in [0.15, 0.2) is 6.07 Å². The first-order valence-electron chi connectivity index (χ1n) is 6.79. The minimum Gasteiger partial charge on any atom is -0.381 e. The normalized spacial score (nSPS) is 26.5. The summed E-state index contributed by atoms with van der Waals surface area (Å²) in [5, 5.41) is 0. The zero-order valence-corrected chi connectivity index (χ0v) is 11.1. The summed E-state index contributed by atoms with van der Waals surface area (Å²) in [6.45, 7) is 1.74. The molecule has 1 saturated heterocycles. The Bertz CT molecular complexity index is 358. The maximum Gasteiger partial charge on any atom is 0.0513 e. The molecule has 2 unspecified atom stereocenters. The standard InChI is InChI=1S/C14H21NOS/c15-14(11-6-7-16-9-11)13-8-10-4-2-1-3-5-12(10)17-13/h8,11,14H,1-7,9,15H2. The van der Waals surface area contributed by atoms with Crippen molar-refractivity contribution in [3.63, 3.8) is 0 Å². The molecule has 0 bridgehead atoms. The second kappa shape index (κ2) is 5.09. The summed E-state index contributed by atoms with van der Waals surface area (Å²) in [5.41, 5.74) is 7.96. The average Bonchev–Trinajstić information content (AvgIpc) is 2.95. The minimum absolute atomic E-state index is 0.203. The molecule has 94 valence electrons. The second-order valence-corrected chi connectivity index (χ2v) is 6.48. The molecular weight excluding hydrogens is 230 g/mol. The van der Waals surface area contributed by atoms with Crippen LogP contribution in [-0.2, 0) is 17.6 Å². The van der Waals surface area contributed by atoms with E-state index in [2.05, 4.69) is 6.07 Å². The van der Waals surface area contributed by atoms with E-state index < -0.39 is 0 Å². The third-order valence-corrected chi connectivity index (χ3v) is 5.41. The van der Waals surface area contributed by atoms with Crippen LogP contribution in [-0.4, -0.2) is 13.2 Å². The number of aryl methyl sites for hydroxylation is 2. The van der Waals surface area contributed by atoms with Crippen LogP contribution in [0.25, 0.3) is 0 Å². The number of thiophene rings is 1. The van der Waals surface area contributed by atoms with E-state index in [0.717, 1.165) is 19.6 Å². The van der Waals surface area contributed by atoms with E-state index in [1.54, 1.807) is 10.4 Å². The minimum atomic E-state index is 0.203. The van der Waals surface area contributed by atoms with Crippen molar-refractivity contribution in [3.05, 3.63) is 21.4 Å². The van der Waals surface area contributed by atoms with Gasteiger partial charge in [-0.15, -0.1) is 11.3 Å². The molecule has 0 amide bonds. The van der Waals surface area contributed by atoms with Gasteiger partial charge in [0.25, 0.3) is 0 Å². The van der Waals surface area contributed by atoms with Crippen LogP contribution in [0.5, 0.6) is 0 Å². The van der Waals surface area contributed by atoms with Gasteiger partial charge in [0, 0.05) is 28.3 Å². The van der Waals surface area contributed by atoms with E-state index >= 15 is 0 Å². The molecule has 2 aliphatic rings. The summed E-state index contributed by atoms with van der Waals surface area (Å²) >= 11 is 1.96. The molecule has 1 fully saturated rings. The van der Waals surface area contributed by atoms with Crippen molar-refractivity contribution in [2.24, 2.45) is 11.7 Å². The van der Waals surface area contributed by atoms with Crippen LogP contribution in [0, 0.1) is 5.92 Å². The van der Waals surface area contributed by atoms with Crippen molar-refractivity contribution in [2.75, 3.05) is 13.2 Å². The molecule has 2 heterocycles. The Balaban J connectivity index is 1.78. The van der Waals surface area contributed by atoms with Crippen molar-refractivity contribution in [1.82, 2.24) is 0 Å². The van der Waals surface area contributed by atoms with E-state index in [1.807, 2.05) is 11.3 Å². The molecule has 0 saturated carbocycles. The molecule has 2 N–H and O–H groups in total. The maximum absolute atomic E-state index is 6.38. The van der Waals surface area contributed by atoms with E-state index in [1.165, 1.54) is 37.0 Å². The molecule has 1 aromatic rings. The monoisotopic (exact) mass is 251 g/mol. The largest absolute Gasteiger partial charge is 0.381 e. The molecule has 0 spiro atoms. The van der Waals surface area contributed by atoms with Crippen molar-refractivity contribution < 1.29 is 4.74 Å². The average molecular weight is 251 g/mol. The Kier molecular flexibility index (Phi) is 3.50. The van der Waals surface area contributed by atoms with Gasteiger partial charge in [0.05, 0.1) is 6.61 Å². The van der Waals surface area contributed by atoms with Crippen molar-refractivity contribution in [1.29, 1.82) is 0 Å². The highest BCUT2D eigenvalue weighted by atomic mass is 32.1. The first-order chi connectivity index (χ1) is 8.34. The molecule has 3 heteroatoms. The summed E-state index contributed by atoms with van der Waals surface area (Å²) in [5.74, 6) is 0.539. The fourth-order valence-corrected chi connectivity index (χ4v) is 4.28. The van der Waals surface area contributed by atoms with E-state index in [9.17, 15) is 0 Å². The lowest BCUT2D eigenvalue weighted by Crippen LogP contribution is -2.20. The molecule has 2 nitrogen and oxygen atoms in total. The van der Waals surface area contributed by atoms with Crippen LogP contribution >= 0.6 is 11.3 Å². The van der Waals surface area contributed by atoms with Crippen LogP contribution in [0.4, 0.5) is 0 Å². The Labute approximate surface area is 107 Å². The molecular formula is C14H21NOS. The number of nitrogens with two attached hydrogens (primary N) is 1. The highest BCUT2D eigenvalue weighted by Crippen LogP contribution is 2.35. The summed E-state index contributed by atoms with van der Waals surface area (Å²) in [6, 6.07) is 2.59. The Morgan fingerprint density at radius 3 is 3.00 bits per heavy atom. The Morgan fingerprint density at radius 1 is 1.29 bits per heavy atom. The van der Waals surface area contributed by atoms with Crippen molar-refractivity contribution in [3.8, 4) is 0 Å². The predicted molar refractivity (Wildman–Crippen MR) is 71.4 cm³/mol. The zero-order valence-electron chi connectivity index (χ0n) is 10.3. The van der Waals surface area contributed by atoms with Gasteiger partial charge in [0.2, 0.25) is 0 Å². The van der Waals surface area contributed by atoms with Crippen molar-refractivity contribution in [2.45, 2.75) is 44.6 Å². The second-order valence-electron chi connectivity index (χ2n) is 5.31. The fraction of sp³-hybridized carbons (Fsp3) is 0.714. The first kappa shape index (κ1) is 11.7. The summed E-state index contributed by atoms with van der Waals surface area (Å²) in [6.07, 6.45) is 7.76. The summed E-state index contributed by atoms with van der Waals surface area (Å²) < 4.78 is 5.45. The predicted octanol–water partition coefficient (Wildman–Crippen LogP) is 3.05. The van der Waals surface area contributed by atoms with Crippen LogP contribution in [0.2, 0.25) is 0 Å². The molecule has 0 radical (unpaired) electrons. The summed E-state index contributed by atoms with van der Waals surface area (Å²) in [7, 11) is 0. The number of hydrogen-bond donors (Lipinski definition) is 1. The number of ether oxygens (including phenoxy) is 1. The molecule has 1 aliphatic carbocycles. The van der Waals surface area contributed by atoms with Crippen LogP contribution < -0.4 is 5.73 Å². The molecule has 2 atom stereocenters. The Morgan fingerprint density at radius 2 is 2.18 bits per heavy atom. The third kappa shape index (κ3) is 2.42. The van der Waals surface area contributed by atoms with E-state index in [4.69, 9.17) is 10.5 Å². The lowest BCUT2D eigenvalue weighted by molar-refractivity contribution is 0.181. The Hall–Kier alpha value is -0.380. The van der Waals surface area contributed by atoms with Gasteiger partial charge in [-0.05, 0) is 43.7 Å². The van der Waals surface area contributed by atoms with Gasteiger partial charge >= 0.3 is 0 Å². The third-order valence-electron chi connectivity index (χ3n) is 4.07. The smallest absolute Gasteiger partial charge is 0.0513 e. The molecule has 0 aromatic carbocycles. The summed E-state index contributed by atoms with van der Waals surface area (Å²) in [4.78, 5) is 3.00. The van der Waals surface area contributed by atoms with Gasteiger partial charge < -0.3 is 10.5 Å². The highest BCUT2D eigenvalue weighted by Gasteiger charge is 2.26. The van der Waals surface area contributed by atoms with Crippen LogP contribution in [0.1, 0.15) is 47.0 Å². The lowest BCUT2D eigenvalue weighted by Gasteiger charge is -2.15. The van der Waals surface area contributed by atoms with E-state index in [0.29, 0.717) is 5.92 Å². The van der Waals surface area contributed by atoms with Crippen molar-refractivity contribution >= 4 is 11.3 Å². The van der Waals surface area contributed by atoms with Gasteiger partial charge in [-0.25, -0.2) is 0 Å². The first-order valence-corrected chi connectivity index (χ1v) is 7.61. The molecule has 1 aliphatic heterocycles. The van der Waals surface area contributed by atoms with Crippen LogP contribution in [0.3, 0.4) is 0 Å². The van der Waals surface area contributed by atoms with Gasteiger partial charge in [-0.3, -0.25) is 0 Å². The van der Waals surface area contributed by atoms with Gasteiger partial charge in [-0.1, -0.05) is 6.42 Å². The molecule has 3 rings (SSSR count). The lowest BCUT2D eigenvalue weighted by atomic mass is 9.98. The topological polar surface area (TPSA) is 35.2 Å². The quantitative estimate of drug-likeness (QED) is 0.820. The number of rotatable bonds is 2. The highest BCUT2D eigenvalue weighted by molar-refractivity contribution is 7.12. The van der Waals surface area contributed by atoms with Gasteiger partial charge in [0.15, 0.2) is 0 Å². The fourth-order valence-electron chi connectivity index (χ4n) is 2.92. The maximum atomic E-state index is 6.38. The van der Waals surface area contributed by atoms with E-state index in [-0.39, 0.29) is 6.04 Å². The molecule has 17 heavy (non-hydrogen) atoms.